The Balaban J connectivity index is 1.73. The summed E-state index contributed by atoms with van der Waals surface area (Å²) in [5.41, 5.74) is -0.196. The van der Waals surface area contributed by atoms with Crippen LogP contribution in [0.3, 0.4) is 0 Å². The van der Waals surface area contributed by atoms with E-state index in [-0.39, 0.29) is 30.3 Å². The van der Waals surface area contributed by atoms with Crippen LogP contribution < -0.4 is 10.9 Å². The molecule has 0 aliphatic carbocycles. The van der Waals surface area contributed by atoms with Gasteiger partial charge in [-0.15, -0.1) is 5.10 Å². The normalized spacial score (nSPS) is 12.1. The minimum absolute atomic E-state index is 0.0673. The fourth-order valence-corrected chi connectivity index (χ4v) is 2.34. The number of rotatable bonds is 7. The summed E-state index contributed by atoms with van der Waals surface area (Å²) in [5.74, 6) is -0.0980. The quantitative estimate of drug-likeness (QED) is 0.605. The van der Waals surface area contributed by atoms with Crippen LogP contribution in [0.15, 0.2) is 34.3 Å². The number of nitrogens with zero attached hydrogens (tertiary/aromatic N) is 5. The number of hydrogen-bond acceptors (Lipinski definition) is 7. The SMILES string of the molecule is Cn1nnnc1SCC(=O)NC[C@H](O)Cn1ccccc1=O. The molecule has 0 saturated heterocycles. The molecule has 10 heteroatoms. The third-order valence-corrected chi connectivity index (χ3v) is 3.77. The lowest BCUT2D eigenvalue weighted by atomic mass is 10.3. The molecule has 0 saturated carbocycles. The lowest BCUT2D eigenvalue weighted by Gasteiger charge is -2.13. The summed E-state index contributed by atoms with van der Waals surface area (Å²) in [7, 11) is 1.68. The van der Waals surface area contributed by atoms with Crippen molar-refractivity contribution in [3.8, 4) is 0 Å². The largest absolute Gasteiger partial charge is 0.389 e. The van der Waals surface area contributed by atoms with Gasteiger partial charge in [0.1, 0.15) is 0 Å². The van der Waals surface area contributed by atoms with Crippen molar-refractivity contribution < 1.29 is 9.90 Å². The Morgan fingerprint density at radius 3 is 3.00 bits per heavy atom. The second-order valence-electron chi connectivity index (χ2n) is 4.52. The summed E-state index contributed by atoms with van der Waals surface area (Å²) in [6, 6.07) is 4.75. The highest BCUT2D eigenvalue weighted by Crippen LogP contribution is 2.11. The molecule has 0 bridgehead atoms. The number of nitrogens with one attached hydrogen (secondary N) is 1. The second-order valence-corrected chi connectivity index (χ2v) is 5.47. The van der Waals surface area contributed by atoms with Gasteiger partial charge in [-0.25, -0.2) is 4.68 Å². The molecule has 0 aromatic carbocycles. The summed E-state index contributed by atoms with van der Waals surface area (Å²) in [6.07, 6.45) is 0.746. The van der Waals surface area contributed by atoms with E-state index < -0.39 is 6.10 Å². The number of aromatic nitrogens is 5. The summed E-state index contributed by atoms with van der Waals surface area (Å²) < 4.78 is 2.85. The molecule has 118 valence electrons. The van der Waals surface area contributed by atoms with E-state index in [0.29, 0.717) is 5.16 Å². The lowest BCUT2D eigenvalue weighted by molar-refractivity contribution is -0.119. The molecule has 2 N–H and O–H groups in total. The molecule has 0 fully saturated rings. The van der Waals surface area contributed by atoms with Crippen LogP contribution in [0.2, 0.25) is 0 Å². The number of aliphatic hydroxyl groups excluding tert-OH is 1. The topological polar surface area (TPSA) is 115 Å². The summed E-state index contributed by atoms with van der Waals surface area (Å²) in [4.78, 5) is 23.2. The fourth-order valence-electron chi connectivity index (χ4n) is 1.66. The Labute approximate surface area is 130 Å². The van der Waals surface area contributed by atoms with Crippen LogP contribution in [0.25, 0.3) is 0 Å². The lowest BCUT2D eigenvalue weighted by Crippen LogP contribution is -2.37. The van der Waals surface area contributed by atoms with Gasteiger partial charge in [0.05, 0.1) is 18.4 Å². The van der Waals surface area contributed by atoms with Crippen molar-refractivity contribution in [3.05, 3.63) is 34.7 Å². The van der Waals surface area contributed by atoms with Crippen LogP contribution in [0.5, 0.6) is 0 Å². The molecule has 22 heavy (non-hydrogen) atoms. The average molecular weight is 324 g/mol. The van der Waals surface area contributed by atoms with E-state index in [9.17, 15) is 14.7 Å². The zero-order valence-electron chi connectivity index (χ0n) is 11.9. The smallest absolute Gasteiger partial charge is 0.250 e. The van der Waals surface area contributed by atoms with Crippen molar-refractivity contribution >= 4 is 17.7 Å². The van der Waals surface area contributed by atoms with E-state index in [0.717, 1.165) is 0 Å². The van der Waals surface area contributed by atoms with E-state index in [4.69, 9.17) is 0 Å². The number of thioether (sulfide) groups is 1. The van der Waals surface area contributed by atoms with Gasteiger partial charge >= 0.3 is 0 Å². The second kappa shape index (κ2) is 7.71. The molecule has 2 rings (SSSR count). The minimum atomic E-state index is -0.842. The van der Waals surface area contributed by atoms with Crippen LogP contribution in [0.1, 0.15) is 0 Å². The number of aryl methyl sites for hydroxylation is 1. The molecular formula is C12H16N6O3S. The van der Waals surface area contributed by atoms with E-state index in [1.807, 2.05) is 0 Å². The van der Waals surface area contributed by atoms with Gasteiger partial charge in [0.15, 0.2) is 0 Å². The van der Waals surface area contributed by atoms with Gasteiger partial charge in [-0.3, -0.25) is 9.59 Å². The maximum absolute atomic E-state index is 11.7. The highest BCUT2D eigenvalue weighted by atomic mass is 32.2. The first-order valence-electron chi connectivity index (χ1n) is 6.51. The monoisotopic (exact) mass is 324 g/mol. The van der Waals surface area contributed by atoms with Gasteiger partial charge < -0.3 is 15.0 Å². The molecule has 1 atom stereocenters. The van der Waals surface area contributed by atoms with E-state index in [1.54, 1.807) is 25.4 Å². The maximum Gasteiger partial charge on any atom is 0.250 e. The molecule has 0 aliphatic heterocycles. The molecule has 2 heterocycles. The van der Waals surface area contributed by atoms with Crippen LogP contribution in [0, 0.1) is 0 Å². The third kappa shape index (κ3) is 4.67. The van der Waals surface area contributed by atoms with Gasteiger partial charge in [-0.05, 0) is 16.5 Å². The Bertz CT molecular complexity index is 685. The predicted molar refractivity (Wildman–Crippen MR) is 79.2 cm³/mol. The number of aliphatic hydroxyl groups is 1. The number of tetrazole rings is 1. The summed E-state index contributed by atoms with van der Waals surface area (Å²) >= 11 is 1.20. The number of pyridine rings is 1. The highest BCUT2D eigenvalue weighted by molar-refractivity contribution is 7.99. The van der Waals surface area contributed by atoms with E-state index >= 15 is 0 Å². The van der Waals surface area contributed by atoms with Gasteiger partial charge in [-0.2, -0.15) is 0 Å². The molecular weight excluding hydrogens is 308 g/mol. The number of hydrogen-bond donors (Lipinski definition) is 2. The van der Waals surface area contributed by atoms with E-state index in [2.05, 4.69) is 20.8 Å². The molecule has 0 spiro atoms. The van der Waals surface area contributed by atoms with Gasteiger partial charge in [0, 0.05) is 25.9 Å². The van der Waals surface area contributed by atoms with Crippen LogP contribution >= 0.6 is 11.8 Å². The first kappa shape index (κ1) is 16.2. The summed E-state index contributed by atoms with van der Waals surface area (Å²) in [6.45, 7) is 0.193. The first-order valence-corrected chi connectivity index (χ1v) is 7.50. The standard InChI is InChI=1S/C12H16N6O3S/c1-17-12(14-15-16-17)22-8-10(20)13-6-9(19)7-18-5-3-2-4-11(18)21/h2-5,9,19H,6-8H2,1H3,(H,13,20)/t9-/m0/s1. The van der Waals surface area contributed by atoms with Crippen molar-refractivity contribution in [1.29, 1.82) is 0 Å². The highest BCUT2D eigenvalue weighted by Gasteiger charge is 2.10. The molecule has 1 amide bonds. The van der Waals surface area contributed by atoms with E-state index in [1.165, 1.54) is 27.1 Å². The van der Waals surface area contributed by atoms with Crippen molar-refractivity contribution in [1.82, 2.24) is 30.1 Å². The molecule has 2 aromatic rings. The molecule has 0 unspecified atom stereocenters. The Morgan fingerprint density at radius 2 is 2.32 bits per heavy atom. The van der Waals surface area contributed by atoms with Gasteiger partial charge in [-0.1, -0.05) is 17.8 Å². The van der Waals surface area contributed by atoms with Crippen LogP contribution in [0.4, 0.5) is 0 Å². The molecule has 9 nitrogen and oxygen atoms in total. The molecule has 2 aromatic heterocycles. The number of carbonyl (C=O) groups excluding carboxylic acids is 1. The van der Waals surface area contributed by atoms with Gasteiger partial charge in [0.2, 0.25) is 11.1 Å². The maximum atomic E-state index is 11.7. The zero-order chi connectivity index (χ0) is 15.9. The van der Waals surface area contributed by atoms with Gasteiger partial charge in [0.25, 0.3) is 5.56 Å². The number of amides is 1. The average Bonchev–Trinajstić information content (AvgIpc) is 2.91. The zero-order valence-corrected chi connectivity index (χ0v) is 12.7. The molecule has 0 aliphatic rings. The third-order valence-electron chi connectivity index (χ3n) is 2.75. The Kier molecular flexibility index (Phi) is 5.67. The van der Waals surface area contributed by atoms with Crippen molar-refractivity contribution in [2.45, 2.75) is 17.8 Å². The fraction of sp³-hybridized carbons (Fsp3) is 0.417. The molecule has 0 radical (unpaired) electrons. The van der Waals surface area contributed by atoms with Crippen molar-refractivity contribution in [2.24, 2.45) is 7.05 Å². The first-order chi connectivity index (χ1) is 10.6. The van der Waals surface area contributed by atoms with Crippen LogP contribution in [-0.4, -0.2) is 54.2 Å². The Hall–Kier alpha value is -2.20. The van der Waals surface area contributed by atoms with Crippen molar-refractivity contribution in [3.63, 3.8) is 0 Å². The number of carbonyl (C=O) groups is 1. The minimum Gasteiger partial charge on any atom is -0.389 e. The Morgan fingerprint density at radius 1 is 1.50 bits per heavy atom. The van der Waals surface area contributed by atoms with Crippen molar-refractivity contribution in [2.75, 3.05) is 12.3 Å². The van der Waals surface area contributed by atoms with Crippen LogP contribution in [-0.2, 0) is 18.4 Å². The summed E-state index contributed by atoms with van der Waals surface area (Å²) in [5, 5.41) is 23.9. The predicted octanol–water partition coefficient (Wildman–Crippen LogP) is -1.36.